The number of nitrogens with two attached hydrogens (primary N) is 1. The Hall–Kier alpha value is -0.340. The summed E-state index contributed by atoms with van der Waals surface area (Å²) in [4.78, 5) is 0. The number of hydrogen-bond acceptors (Lipinski definition) is 2. The lowest BCUT2D eigenvalue weighted by atomic mass is 9.91. The summed E-state index contributed by atoms with van der Waals surface area (Å²) in [5.41, 5.74) is 5.61. The number of rotatable bonds is 3. The van der Waals surface area contributed by atoms with E-state index in [1.807, 2.05) is 6.08 Å². The van der Waals surface area contributed by atoms with Crippen LogP contribution in [0, 0.1) is 17.8 Å². The lowest BCUT2D eigenvalue weighted by Crippen LogP contribution is -2.22. The Morgan fingerprint density at radius 3 is 2.38 bits per heavy atom. The maximum absolute atomic E-state index is 8.76. The molecule has 2 heteroatoms. The van der Waals surface area contributed by atoms with Crippen LogP contribution >= 0.6 is 0 Å². The minimum absolute atomic E-state index is 0.0476. The minimum atomic E-state index is -0.181. The van der Waals surface area contributed by atoms with Crippen LogP contribution in [0.1, 0.15) is 26.7 Å². The highest BCUT2D eigenvalue weighted by molar-refractivity contribution is 5.00. The zero-order valence-electron chi connectivity index (χ0n) is 8.61. The van der Waals surface area contributed by atoms with Crippen LogP contribution in [0.2, 0.25) is 0 Å². The number of aliphatic hydroxyl groups excluding tert-OH is 1. The van der Waals surface area contributed by atoms with Crippen molar-refractivity contribution in [2.24, 2.45) is 23.5 Å². The fraction of sp³-hybridized carbons (Fsp3) is 0.818. The first kappa shape index (κ1) is 10.7. The standard InChI is InChI=1S/C11H21NO/c1-8-3-4-9(2)11(8)6-5-10(12)7-13/h5-6,8-11,13H,3-4,7,12H2,1-2H3. The maximum Gasteiger partial charge on any atom is 0.0618 e. The Bertz CT molecular complexity index is 169. The van der Waals surface area contributed by atoms with Crippen LogP contribution in [0.4, 0.5) is 0 Å². The Morgan fingerprint density at radius 2 is 1.92 bits per heavy atom. The molecule has 0 aromatic carbocycles. The van der Waals surface area contributed by atoms with E-state index in [2.05, 4.69) is 19.9 Å². The first-order chi connectivity index (χ1) is 6.15. The van der Waals surface area contributed by atoms with Crippen LogP contribution in [0.5, 0.6) is 0 Å². The molecular weight excluding hydrogens is 162 g/mol. The lowest BCUT2D eigenvalue weighted by molar-refractivity contribution is 0.283. The first-order valence-electron chi connectivity index (χ1n) is 5.20. The molecular formula is C11H21NO. The smallest absolute Gasteiger partial charge is 0.0618 e. The SMILES string of the molecule is CC1CCC(C)C1C=CC(N)CO. The third kappa shape index (κ3) is 2.82. The normalized spacial score (nSPS) is 37.1. The van der Waals surface area contributed by atoms with Crippen molar-refractivity contribution in [2.75, 3.05) is 6.61 Å². The van der Waals surface area contributed by atoms with Crippen LogP contribution in [0.3, 0.4) is 0 Å². The molecule has 1 aliphatic rings. The zero-order valence-corrected chi connectivity index (χ0v) is 8.61. The average molecular weight is 183 g/mol. The molecule has 1 rings (SSSR count). The molecule has 0 spiro atoms. The van der Waals surface area contributed by atoms with Gasteiger partial charge in [0.15, 0.2) is 0 Å². The molecule has 0 radical (unpaired) electrons. The van der Waals surface area contributed by atoms with E-state index in [0.29, 0.717) is 5.92 Å². The van der Waals surface area contributed by atoms with Crippen LogP contribution in [-0.2, 0) is 0 Å². The molecule has 3 unspecified atom stereocenters. The molecule has 0 aliphatic heterocycles. The van der Waals surface area contributed by atoms with Crippen molar-refractivity contribution in [3.8, 4) is 0 Å². The third-order valence-corrected chi connectivity index (χ3v) is 3.18. The quantitative estimate of drug-likeness (QED) is 0.652. The van der Waals surface area contributed by atoms with Crippen molar-refractivity contribution in [2.45, 2.75) is 32.7 Å². The molecule has 3 atom stereocenters. The van der Waals surface area contributed by atoms with Gasteiger partial charge in [0.1, 0.15) is 0 Å². The molecule has 0 heterocycles. The second-order valence-corrected chi connectivity index (χ2v) is 4.34. The van der Waals surface area contributed by atoms with E-state index in [1.165, 1.54) is 12.8 Å². The molecule has 1 saturated carbocycles. The van der Waals surface area contributed by atoms with E-state index in [9.17, 15) is 0 Å². The Balaban J connectivity index is 2.47. The highest BCUT2D eigenvalue weighted by Gasteiger charge is 2.27. The van der Waals surface area contributed by atoms with E-state index in [4.69, 9.17) is 10.8 Å². The summed E-state index contributed by atoms with van der Waals surface area (Å²) in [6.45, 7) is 4.64. The van der Waals surface area contributed by atoms with Gasteiger partial charge in [-0.1, -0.05) is 26.0 Å². The van der Waals surface area contributed by atoms with Crippen molar-refractivity contribution >= 4 is 0 Å². The molecule has 0 saturated heterocycles. The minimum Gasteiger partial charge on any atom is -0.394 e. The van der Waals surface area contributed by atoms with Gasteiger partial charge in [-0.05, 0) is 30.6 Å². The zero-order chi connectivity index (χ0) is 9.84. The van der Waals surface area contributed by atoms with E-state index in [0.717, 1.165) is 11.8 Å². The fourth-order valence-electron chi connectivity index (χ4n) is 2.18. The molecule has 1 fully saturated rings. The highest BCUT2D eigenvalue weighted by Crippen LogP contribution is 2.37. The summed E-state index contributed by atoms with van der Waals surface area (Å²) in [5, 5.41) is 8.76. The van der Waals surface area contributed by atoms with Gasteiger partial charge < -0.3 is 10.8 Å². The third-order valence-electron chi connectivity index (χ3n) is 3.18. The predicted octanol–water partition coefficient (Wildman–Crippen LogP) is 1.54. The van der Waals surface area contributed by atoms with Gasteiger partial charge in [0.25, 0.3) is 0 Å². The molecule has 0 aromatic heterocycles. The Labute approximate surface area is 80.8 Å². The lowest BCUT2D eigenvalue weighted by Gasteiger charge is -2.15. The fourth-order valence-corrected chi connectivity index (χ4v) is 2.18. The van der Waals surface area contributed by atoms with Gasteiger partial charge in [-0.25, -0.2) is 0 Å². The van der Waals surface area contributed by atoms with Crippen LogP contribution in [-0.4, -0.2) is 17.8 Å². The van der Waals surface area contributed by atoms with Gasteiger partial charge in [0, 0.05) is 6.04 Å². The summed E-state index contributed by atoms with van der Waals surface area (Å²) in [5.74, 6) is 2.21. The van der Waals surface area contributed by atoms with E-state index in [-0.39, 0.29) is 12.6 Å². The summed E-state index contributed by atoms with van der Waals surface area (Å²) in [7, 11) is 0. The topological polar surface area (TPSA) is 46.2 Å². The molecule has 1 aliphatic carbocycles. The molecule has 13 heavy (non-hydrogen) atoms. The van der Waals surface area contributed by atoms with Crippen molar-refractivity contribution < 1.29 is 5.11 Å². The molecule has 3 N–H and O–H groups in total. The summed E-state index contributed by atoms with van der Waals surface area (Å²) < 4.78 is 0. The van der Waals surface area contributed by atoms with Gasteiger partial charge in [0.05, 0.1) is 6.61 Å². The molecule has 2 nitrogen and oxygen atoms in total. The van der Waals surface area contributed by atoms with Crippen molar-refractivity contribution in [1.29, 1.82) is 0 Å². The highest BCUT2D eigenvalue weighted by atomic mass is 16.3. The number of hydrogen-bond donors (Lipinski definition) is 2. The monoisotopic (exact) mass is 183 g/mol. The van der Waals surface area contributed by atoms with Crippen molar-refractivity contribution in [3.05, 3.63) is 12.2 Å². The van der Waals surface area contributed by atoms with E-state index < -0.39 is 0 Å². The second kappa shape index (κ2) is 4.77. The first-order valence-corrected chi connectivity index (χ1v) is 5.20. The van der Waals surface area contributed by atoms with Gasteiger partial charge in [0.2, 0.25) is 0 Å². The van der Waals surface area contributed by atoms with E-state index >= 15 is 0 Å². The molecule has 0 aromatic rings. The maximum atomic E-state index is 8.76. The van der Waals surface area contributed by atoms with Gasteiger partial charge in [-0.15, -0.1) is 0 Å². The number of allylic oxidation sites excluding steroid dienone is 1. The van der Waals surface area contributed by atoms with Crippen LogP contribution in [0.15, 0.2) is 12.2 Å². The summed E-state index contributed by atoms with van der Waals surface area (Å²) in [6, 6.07) is -0.181. The van der Waals surface area contributed by atoms with Crippen LogP contribution in [0.25, 0.3) is 0 Å². The Morgan fingerprint density at radius 1 is 1.38 bits per heavy atom. The summed E-state index contributed by atoms with van der Waals surface area (Å²) in [6.07, 6.45) is 6.79. The van der Waals surface area contributed by atoms with Gasteiger partial charge in [-0.2, -0.15) is 0 Å². The van der Waals surface area contributed by atoms with E-state index in [1.54, 1.807) is 0 Å². The molecule has 76 valence electrons. The van der Waals surface area contributed by atoms with Gasteiger partial charge >= 0.3 is 0 Å². The predicted molar refractivity (Wildman–Crippen MR) is 55.3 cm³/mol. The number of aliphatic hydroxyl groups is 1. The van der Waals surface area contributed by atoms with Crippen LogP contribution < -0.4 is 5.73 Å². The second-order valence-electron chi connectivity index (χ2n) is 4.34. The molecule has 0 bridgehead atoms. The van der Waals surface area contributed by atoms with Crippen molar-refractivity contribution in [1.82, 2.24) is 0 Å². The van der Waals surface area contributed by atoms with Gasteiger partial charge in [-0.3, -0.25) is 0 Å². The van der Waals surface area contributed by atoms with Crippen molar-refractivity contribution in [3.63, 3.8) is 0 Å². The Kier molecular flexibility index (Phi) is 3.94. The molecule has 0 amide bonds. The summed E-state index contributed by atoms with van der Waals surface area (Å²) >= 11 is 0. The largest absolute Gasteiger partial charge is 0.394 e. The average Bonchev–Trinajstić information content (AvgIpc) is 2.43.